The molecule has 0 aromatic heterocycles. The second-order valence-electron chi connectivity index (χ2n) is 3.56. The molecule has 0 saturated carbocycles. The topological polar surface area (TPSA) is 78.9 Å². The van der Waals surface area contributed by atoms with Crippen LogP contribution < -0.4 is 5.32 Å². The fourth-order valence-corrected chi connectivity index (χ4v) is 0.925. The van der Waals surface area contributed by atoms with E-state index in [-0.39, 0.29) is 12.3 Å². The summed E-state index contributed by atoms with van der Waals surface area (Å²) in [5.74, 6) is -0.286. The summed E-state index contributed by atoms with van der Waals surface area (Å²) in [5, 5.41) is 11.8. The van der Waals surface area contributed by atoms with Crippen molar-refractivity contribution < 1.29 is 19.5 Å². The van der Waals surface area contributed by atoms with Crippen LogP contribution in [-0.2, 0) is 9.63 Å². The highest BCUT2D eigenvalue weighted by Crippen LogP contribution is 2.09. The molecule has 0 aliphatic rings. The van der Waals surface area contributed by atoms with Crippen LogP contribution >= 0.6 is 0 Å². The lowest BCUT2D eigenvalue weighted by atomic mass is 10.0. The molecule has 0 rings (SSSR count). The normalized spacial score (nSPS) is 10.9. The van der Waals surface area contributed by atoms with E-state index in [4.69, 9.17) is 5.11 Å². The fourth-order valence-electron chi connectivity index (χ4n) is 0.925. The van der Waals surface area contributed by atoms with Gasteiger partial charge in [0, 0.05) is 12.6 Å². The molecule has 6 nitrogen and oxygen atoms in total. The minimum absolute atomic E-state index is 0.0453. The standard InChI is InChI=1S/C8H16N2O4/c1-8(2,9-7(12)13)5-6(11)10(3)14-4/h9H,5H2,1-4H3,(H,12,13). The molecule has 0 spiro atoms. The molecule has 0 aromatic rings. The minimum atomic E-state index is -1.15. The Morgan fingerprint density at radius 2 is 2.00 bits per heavy atom. The number of nitrogens with one attached hydrogen (secondary N) is 1. The zero-order valence-corrected chi connectivity index (χ0v) is 8.83. The fraction of sp³-hybridized carbons (Fsp3) is 0.750. The minimum Gasteiger partial charge on any atom is -0.465 e. The molecule has 0 saturated heterocycles. The number of nitrogens with zero attached hydrogens (tertiary/aromatic N) is 1. The Morgan fingerprint density at radius 1 is 1.50 bits per heavy atom. The Kier molecular flexibility index (Phi) is 4.36. The van der Waals surface area contributed by atoms with Gasteiger partial charge in [-0.1, -0.05) is 0 Å². The second kappa shape index (κ2) is 4.80. The maximum absolute atomic E-state index is 11.3. The van der Waals surface area contributed by atoms with E-state index in [2.05, 4.69) is 10.2 Å². The first kappa shape index (κ1) is 12.7. The molecule has 82 valence electrons. The Labute approximate surface area is 82.8 Å². The maximum Gasteiger partial charge on any atom is 0.405 e. The van der Waals surface area contributed by atoms with Gasteiger partial charge in [-0.05, 0) is 13.8 Å². The second-order valence-corrected chi connectivity index (χ2v) is 3.56. The van der Waals surface area contributed by atoms with E-state index in [0.29, 0.717) is 0 Å². The van der Waals surface area contributed by atoms with E-state index in [9.17, 15) is 9.59 Å². The number of hydrogen-bond donors (Lipinski definition) is 2. The SMILES string of the molecule is CON(C)C(=O)CC(C)(C)NC(=O)O. The summed E-state index contributed by atoms with van der Waals surface area (Å²) in [6, 6.07) is 0. The van der Waals surface area contributed by atoms with Crippen molar-refractivity contribution in [2.24, 2.45) is 0 Å². The van der Waals surface area contributed by atoms with Gasteiger partial charge in [0.05, 0.1) is 13.5 Å². The van der Waals surface area contributed by atoms with E-state index in [0.717, 1.165) is 5.06 Å². The van der Waals surface area contributed by atoms with Crippen LogP contribution in [0.15, 0.2) is 0 Å². The third-order valence-electron chi connectivity index (χ3n) is 1.66. The quantitative estimate of drug-likeness (QED) is 0.651. The van der Waals surface area contributed by atoms with Gasteiger partial charge in [0.25, 0.3) is 0 Å². The summed E-state index contributed by atoms with van der Waals surface area (Å²) in [5.41, 5.74) is -0.796. The monoisotopic (exact) mass is 204 g/mol. The summed E-state index contributed by atoms with van der Waals surface area (Å²) in [6.07, 6.45) is -1.10. The van der Waals surface area contributed by atoms with Crippen molar-refractivity contribution >= 4 is 12.0 Å². The maximum atomic E-state index is 11.3. The molecule has 0 fully saturated rings. The molecule has 2 N–H and O–H groups in total. The first-order valence-electron chi connectivity index (χ1n) is 4.10. The van der Waals surface area contributed by atoms with Crippen molar-refractivity contribution in [3.05, 3.63) is 0 Å². The molecule has 0 radical (unpaired) electrons. The van der Waals surface area contributed by atoms with Gasteiger partial charge in [-0.3, -0.25) is 9.63 Å². The van der Waals surface area contributed by atoms with Crippen molar-refractivity contribution in [2.45, 2.75) is 25.8 Å². The van der Waals surface area contributed by atoms with Crippen molar-refractivity contribution in [2.75, 3.05) is 14.2 Å². The number of amides is 2. The van der Waals surface area contributed by atoms with Gasteiger partial charge in [0.1, 0.15) is 0 Å². The van der Waals surface area contributed by atoms with E-state index in [1.165, 1.54) is 14.2 Å². The third kappa shape index (κ3) is 4.66. The lowest BCUT2D eigenvalue weighted by molar-refractivity contribution is -0.169. The number of hydrogen-bond acceptors (Lipinski definition) is 3. The Morgan fingerprint density at radius 3 is 2.36 bits per heavy atom. The van der Waals surface area contributed by atoms with Gasteiger partial charge < -0.3 is 10.4 Å². The molecule has 0 bridgehead atoms. The molecule has 0 unspecified atom stereocenters. The van der Waals surface area contributed by atoms with E-state index >= 15 is 0 Å². The van der Waals surface area contributed by atoms with Gasteiger partial charge in [-0.2, -0.15) is 0 Å². The van der Waals surface area contributed by atoms with Crippen molar-refractivity contribution in [1.29, 1.82) is 0 Å². The highest BCUT2D eigenvalue weighted by atomic mass is 16.7. The molecule has 0 aromatic carbocycles. The van der Waals surface area contributed by atoms with Gasteiger partial charge in [0.2, 0.25) is 5.91 Å². The zero-order valence-electron chi connectivity index (χ0n) is 8.83. The Bertz CT molecular complexity index is 227. The highest BCUT2D eigenvalue weighted by Gasteiger charge is 2.25. The van der Waals surface area contributed by atoms with E-state index < -0.39 is 11.6 Å². The number of carboxylic acid groups (broad SMARTS) is 1. The number of carbonyl (C=O) groups is 2. The molecule has 14 heavy (non-hydrogen) atoms. The van der Waals surface area contributed by atoms with Crippen molar-refractivity contribution in [1.82, 2.24) is 10.4 Å². The van der Waals surface area contributed by atoms with Crippen LogP contribution in [0.5, 0.6) is 0 Å². The largest absolute Gasteiger partial charge is 0.465 e. The van der Waals surface area contributed by atoms with Crippen molar-refractivity contribution in [3.8, 4) is 0 Å². The Balaban J connectivity index is 4.21. The zero-order chi connectivity index (χ0) is 11.4. The van der Waals surface area contributed by atoms with E-state index in [1.54, 1.807) is 13.8 Å². The van der Waals surface area contributed by atoms with Crippen LogP contribution in [0, 0.1) is 0 Å². The summed E-state index contributed by atoms with van der Waals surface area (Å²) < 4.78 is 0. The van der Waals surface area contributed by atoms with Crippen LogP contribution in [-0.4, -0.2) is 41.9 Å². The molecule has 0 atom stereocenters. The molecular weight excluding hydrogens is 188 g/mol. The Hall–Kier alpha value is -1.30. The van der Waals surface area contributed by atoms with Gasteiger partial charge in [0.15, 0.2) is 0 Å². The van der Waals surface area contributed by atoms with Crippen LogP contribution in [0.3, 0.4) is 0 Å². The van der Waals surface area contributed by atoms with Crippen LogP contribution in [0.1, 0.15) is 20.3 Å². The van der Waals surface area contributed by atoms with Gasteiger partial charge >= 0.3 is 6.09 Å². The molecule has 0 aliphatic carbocycles. The molecule has 6 heteroatoms. The summed E-state index contributed by atoms with van der Waals surface area (Å²) in [6.45, 7) is 3.26. The van der Waals surface area contributed by atoms with E-state index in [1.807, 2.05) is 0 Å². The lowest BCUT2D eigenvalue weighted by Gasteiger charge is -2.25. The average Bonchev–Trinajstić information content (AvgIpc) is 1.99. The number of rotatable bonds is 4. The number of hydroxylamine groups is 2. The highest BCUT2D eigenvalue weighted by molar-refractivity contribution is 5.77. The molecule has 2 amide bonds. The van der Waals surface area contributed by atoms with Crippen molar-refractivity contribution in [3.63, 3.8) is 0 Å². The molecule has 0 heterocycles. The van der Waals surface area contributed by atoms with Gasteiger partial charge in [-0.15, -0.1) is 0 Å². The predicted octanol–water partition coefficient (Wildman–Crippen LogP) is 0.442. The summed E-state index contributed by atoms with van der Waals surface area (Å²) in [4.78, 5) is 26.4. The first-order valence-corrected chi connectivity index (χ1v) is 4.10. The lowest BCUT2D eigenvalue weighted by Crippen LogP contribution is -2.46. The summed E-state index contributed by atoms with van der Waals surface area (Å²) in [7, 11) is 2.84. The smallest absolute Gasteiger partial charge is 0.405 e. The molecule has 0 aliphatic heterocycles. The van der Waals surface area contributed by atoms with Gasteiger partial charge in [-0.25, -0.2) is 9.86 Å². The number of carbonyl (C=O) groups excluding carboxylic acids is 1. The summed E-state index contributed by atoms with van der Waals surface area (Å²) >= 11 is 0. The third-order valence-corrected chi connectivity index (χ3v) is 1.66. The van der Waals surface area contributed by atoms with Crippen LogP contribution in [0.4, 0.5) is 4.79 Å². The molecular formula is C8H16N2O4. The van der Waals surface area contributed by atoms with Crippen LogP contribution in [0.2, 0.25) is 0 Å². The first-order chi connectivity index (χ1) is 6.28. The predicted molar refractivity (Wildman–Crippen MR) is 49.6 cm³/mol. The average molecular weight is 204 g/mol. The van der Waals surface area contributed by atoms with Crippen LogP contribution in [0.25, 0.3) is 0 Å².